The minimum Gasteiger partial charge on any atom is -0.481 e. The molecule has 1 saturated carbocycles. The first-order valence-electron chi connectivity index (χ1n) is 8.84. The minimum atomic E-state index is -0.725. The SMILES string of the molecule is CCC1CCc2nc(NC(=O)NC3CCC(C(=O)O)CC3)sc2C1. The second-order valence-electron chi connectivity index (χ2n) is 6.89. The fourth-order valence-electron chi connectivity index (χ4n) is 3.65. The van der Waals surface area contributed by atoms with Crippen molar-refractivity contribution in [3.63, 3.8) is 0 Å². The second kappa shape index (κ2) is 7.51. The number of amides is 2. The van der Waals surface area contributed by atoms with Crippen LogP contribution >= 0.6 is 11.3 Å². The molecule has 1 aromatic heterocycles. The van der Waals surface area contributed by atoms with Crippen LogP contribution in [0.25, 0.3) is 0 Å². The summed E-state index contributed by atoms with van der Waals surface area (Å²) in [5, 5.41) is 15.5. The molecule has 1 heterocycles. The number of aromatic nitrogens is 1. The summed E-state index contributed by atoms with van der Waals surface area (Å²) in [5.74, 6) is -0.246. The molecular weight excluding hydrogens is 326 g/mol. The lowest BCUT2D eigenvalue weighted by Crippen LogP contribution is -2.40. The van der Waals surface area contributed by atoms with Gasteiger partial charge in [0.15, 0.2) is 5.13 Å². The number of anilines is 1. The Hall–Kier alpha value is -1.63. The van der Waals surface area contributed by atoms with Crippen molar-refractivity contribution in [1.29, 1.82) is 0 Å². The zero-order valence-corrected chi connectivity index (χ0v) is 14.8. The number of thiazole rings is 1. The van der Waals surface area contributed by atoms with Crippen molar-refractivity contribution in [3.8, 4) is 0 Å². The van der Waals surface area contributed by atoms with Gasteiger partial charge in [0.25, 0.3) is 0 Å². The van der Waals surface area contributed by atoms with Crippen LogP contribution in [0.3, 0.4) is 0 Å². The van der Waals surface area contributed by atoms with E-state index in [1.165, 1.54) is 17.7 Å². The molecular formula is C17H25N3O3S. The van der Waals surface area contributed by atoms with E-state index in [1.807, 2.05) is 0 Å². The number of rotatable bonds is 4. The topological polar surface area (TPSA) is 91.3 Å². The van der Waals surface area contributed by atoms with Crippen LogP contribution in [-0.2, 0) is 17.6 Å². The number of hydrogen-bond donors (Lipinski definition) is 3. The average Bonchev–Trinajstić information content (AvgIpc) is 2.96. The summed E-state index contributed by atoms with van der Waals surface area (Å²) < 4.78 is 0. The fourth-order valence-corrected chi connectivity index (χ4v) is 4.77. The van der Waals surface area contributed by atoms with Gasteiger partial charge in [-0.15, -0.1) is 11.3 Å². The van der Waals surface area contributed by atoms with E-state index in [0.29, 0.717) is 18.0 Å². The summed E-state index contributed by atoms with van der Waals surface area (Å²) >= 11 is 1.59. The van der Waals surface area contributed by atoms with Gasteiger partial charge in [0.05, 0.1) is 11.6 Å². The Balaban J connectivity index is 1.49. The molecule has 1 aromatic rings. The molecule has 0 bridgehead atoms. The first-order valence-corrected chi connectivity index (χ1v) is 9.65. The van der Waals surface area contributed by atoms with Gasteiger partial charge in [0.2, 0.25) is 0 Å². The number of carboxylic acid groups (broad SMARTS) is 1. The Labute approximate surface area is 146 Å². The van der Waals surface area contributed by atoms with Crippen molar-refractivity contribution in [2.24, 2.45) is 11.8 Å². The van der Waals surface area contributed by atoms with Gasteiger partial charge in [-0.3, -0.25) is 10.1 Å². The maximum absolute atomic E-state index is 12.2. The fraction of sp³-hybridized carbons (Fsp3) is 0.706. The predicted octanol–water partition coefficient (Wildman–Crippen LogP) is 3.42. The number of fused-ring (bicyclic) bond motifs is 1. The summed E-state index contributed by atoms with van der Waals surface area (Å²) in [7, 11) is 0. The van der Waals surface area contributed by atoms with E-state index in [-0.39, 0.29) is 18.0 Å². The Morgan fingerprint density at radius 3 is 2.67 bits per heavy atom. The lowest BCUT2D eigenvalue weighted by molar-refractivity contribution is -0.142. The van der Waals surface area contributed by atoms with Crippen LogP contribution in [0.4, 0.5) is 9.93 Å². The van der Waals surface area contributed by atoms with E-state index in [2.05, 4.69) is 22.5 Å². The predicted molar refractivity (Wildman–Crippen MR) is 93.5 cm³/mol. The highest BCUT2D eigenvalue weighted by molar-refractivity contribution is 7.15. The third-order valence-corrected chi connectivity index (χ3v) is 6.29. The Morgan fingerprint density at radius 1 is 1.25 bits per heavy atom. The molecule has 0 saturated heterocycles. The van der Waals surface area contributed by atoms with Crippen molar-refractivity contribution in [2.45, 2.75) is 64.3 Å². The number of carbonyl (C=O) groups excluding carboxylic acids is 1. The zero-order valence-electron chi connectivity index (χ0n) is 14.0. The molecule has 1 fully saturated rings. The highest BCUT2D eigenvalue weighted by Crippen LogP contribution is 2.33. The molecule has 0 aliphatic heterocycles. The number of aryl methyl sites for hydroxylation is 1. The normalized spacial score (nSPS) is 26.5. The molecule has 6 nitrogen and oxygen atoms in total. The monoisotopic (exact) mass is 351 g/mol. The second-order valence-corrected chi connectivity index (χ2v) is 7.97. The summed E-state index contributed by atoms with van der Waals surface area (Å²) in [6.45, 7) is 2.22. The van der Waals surface area contributed by atoms with E-state index in [0.717, 1.165) is 37.3 Å². The number of carbonyl (C=O) groups is 2. The van der Waals surface area contributed by atoms with Crippen molar-refractivity contribution >= 4 is 28.5 Å². The third kappa shape index (κ3) is 4.06. The Kier molecular flexibility index (Phi) is 5.38. The number of nitrogens with one attached hydrogen (secondary N) is 2. The molecule has 3 rings (SSSR count). The zero-order chi connectivity index (χ0) is 17.1. The number of carboxylic acids is 1. The van der Waals surface area contributed by atoms with E-state index in [4.69, 9.17) is 5.11 Å². The maximum atomic E-state index is 12.2. The molecule has 0 radical (unpaired) electrons. The lowest BCUT2D eigenvalue weighted by atomic mass is 9.86. The molecule has 1 atom stereocenters. The quantitative estimate of drug-likeness (QED) is 0.775. The van der Waals surface area contributed by atoms with Crippen LogP contribution < -0.4 is 10.6 Å². The number of nitrogens with zero attached hydrogens (tertiary/aromatic N) is 1. The van der Waals surface area contributed by atoms with Gasteiger partial charge in [-0.2, -0.15) is 0 Å². The van der Waals surface area contributed by atoms with Crippen molar-refractivity contribution in [2.75, 3.05) is 5.32 Å². The van der Waals surface area contributed by atoms with Crippen LogP contribution in [0, 0.1) is 11.8 Å². The maximum Gasteiger partial charge on any atom is 0.321 e. The lowest BCUT2D eigenvalue weighted by Gasteiger charge is -2.26. The van der Waals surface area contributed by atoms with Crippen LogP contribution in [0.2, 0.25) is 0 Å². The first-order chi connectivity index (χ1) is 11.5. The number of aliphatic carboxylic acids is 1. The summed E-state index contributed by atoms with van der Waals surface area (Å²) in [4.78, 5) is 29.0. The smallest absolute Gasteiger partial charge is 0.321 e. The summed E-state index contributed by atoms with van der Waals surface area (Å²) in [6, 6.07) is -0.174. The van der Waals surface area contributed by atoms with E-state index in [9.17, 15) is 9.59 Å². The molecule has 2 aliphatic carbocycles. The molecule has 2 amide bonds. The van der Waals surface area contributed by atoms with Crippen LogP contribution in [0.5, 0.6) is 0 Å². The van der Waals surface area contributed by atoms with Gasteiger partial charge in [-0.25, -0.2) is 9.78 Å². The van der Waals surface area contributed by atoms with E-state index >= 15 is 0 Å². The molecule has 0 aromatic carbocycles. The first kappa shape index (κ1) is 17.2. The van der Waals surface area contributed by atoms with Crippen molar-refractivity contribution in [3.05, 3.63) is 10.6 Å². The number of hydrogen-bond acceptors (Lipinski definition) is 4. The van der Waals surface area contributed by atoms with Crippen molar-refractivity contribution < 1.29 is 14.7 Å². The van der Waals surface area contributed by atoms with Gasteiger partial charge in [-0.1, -0.05) is 13.3 Å². The summed E-state index contributed by atoms with van der Waals surface area (Å²) in [6.07, 6.45) is 7.16. The van der Waals surface area contributed by atoms with Gasteiger partial charge in [0, 0.05) is 10.9 Å². The Morgan fingerprint density at radius 2 is 2.00 bits per heavy atom. The molecule has 2 aliphatic rings. The average molecular weight is 351 g/mol. The van der Waals surface area contributed by atoms with Gasteiger partial charge >= 0.3 is 12.0 Å². The van der Waals surface area contributed by atoms with Crippen LogP contribution in [0.1, 0.15) is 56.0 Å². The highest BCUT2D eigenvalue weighted by Gasteiger charge is 2.27. The van der Waals surface area contributed by atoms with Crippen LogP contribution in [-0.4, -0.2) is 28.1 Å². The molecule has 0 spiro atoms. The molecule has 132 valence electrons. The molecule has 1 unspecified atom stereocenters. The largest absolute Gasteiger partial charge is 0.481 e. The van der Waals surface area contributed by atoms with E-state index in [1.54, 1.807) is 11.3 Å². The molecule has 3 N–H and O–H groups in total. The molecule has 24 heavy (non-hydrogen) atoms. The van der Waals surface area contributed by atoms with E-state index < -0.39 is 5.97 Å². The minimum absolute atomic E-state index is 0.0552. The summed E-state index contributed by atoms with van der Waals surface area (Å²) in [5.41, 5.74) is 1.14. The highest BCUT2D eigenvalue weighted by atomic mass is 32.1. The number of urea groups is 1. The Bertz CT molecular complexity index is 608. The standard InChI is InChI=1S/C17H25N3O3S/c1-2-10-3-8-13-14(9-10)24-17(19-13)20-16(23)18-12-6-4-11(5-7-12)15(21)22/h10-12H,2-9H2,1H3,(H,21,22)(H2,18,19,20,23). The molecule has 7 heteroatoms. The van der Waals surface area contributed by atoms with Crippen LogP contribution in [0.15, 0.2) is 0 Å². The van der Waals surface area contributed by atoms with Crippen molar-refractivity contribution in [1.82, 2.24) is 10.3 Å². The van der Waals surface area contributed by atoms with Gasteiger partial charge in [0.1, 0.15) is 0 Å². The van der Waals surface area contributed by atoms with Gasteiger partial charge < -0.3 is 10.4 Å². The third-order valence-electron chi connectivity index (χ3n) is 5.25. The van der Waals surface area contributed by atoms with Gasteiger partial charge in [-0.05, 0) is 50.9 Å².